The van der Waals surface area contributed by atoms with Crippen LogP contribution in [0.1, 0.15) is 40.0 Å². The van der Waals surface area contributed by atoms with Gasteiger partial charge in [-0.05, 0) is 48.2 Å². The summed E-state index contributed by atoms with van der Waals surface area (Å²) in [7, 11) is 0. The standard InChI is InChI=1S/C15H22/c1-11(2)14-9-8-13-6-4-12(3)5-7-15(13)10-14/h4-7,11-12,14H,8-10H2,1-3H3. The van der Waals surface area contributed by atoms with Crippen LogP contribution in [0.2, 0.25) is 0 Å². The Hall–Kier alpha value is -0.780. The zero-order valence-electron chi connectivity index (χ0n) is 10.2. The van der Waals surface area contributed by atoms with E-state index in [1.807, 2.05) is 0 Å². The lowest BCUT2D eigenvalue weighted by molar-refractivity contribution is 0.346. The topological polar surface area (TPSA) is 0 Å². The van der Waals surface area contributed by atoms with Crippen LogP contribution in [-0.2, 0) is 0 Å². The second kappa shape index (κ2) is 4.38. The number of allylic oxidation sites excluding steroid dienone is 6. The summed E-state index contributed by atoms with van der Waals surface area (Å²) in [4.78, 5) is 0. The highest BCUT2D eigenvalue weighted by molar-refractivity contribution is 5.38. The fourth-order valence-corrected chi connectivity index (χ4v) is 2.55. The Balaban J connectivity index is 2.18. The highest BCUT2D eigenvalue weighted by atomic mass is 14.3. The Bertz CT molecular complexity index is 315. The molecule has 0 heteroatoms. The van der Waals surface area contributed by atoms with Crippen molar-refractivity contribution in [3.8, 4) is 0 Å². The first-order chi connectivity index (χ1) is 7.16. The summed E-state index contributed by atoms with van der Waals surface area (Å²) in [5.41, 5.74) is 3.19. The van der Waals surface area contributed by atoms with Gasteiger partial charge in [0.2, 0.25) is 0 Å². The first-order valence-corrected chi connectivity index (χ1v) is 6.25. The Morgan fingerprint density at radius 3 is 2.47 bits per heavy atom. The van der Waals surface area contributed by atoms with E-state index in [-0.39, 0.29) is 0 Å². The molecule has 82 valence electrons. The maximum atomic E-state index is 2.37. The third-order valence-electron chi connectivity index (χ3n) is 3.82. The lowest BCUT2D eigenvalue weighted by atomic mass is 9.78. The molecule has 0 nitrogen and oxygen atoms in total. The van der Waals surface area contributed by atoms with Crippen molar-refractivity contribution in [1.29, 1.82) is 0 Å². The Morgan fingerprint density at radius 2 is 1.80 bits per heavy atom. The fraction of sp³-hybridized carbons (Fsp3) is 0.600. The zero-order chi connectivity index (χ0) is 10.8. The average molecular weight is 202 g/mol. The molecule has 0 aromatic heterocycles. The molecule has 0 heterocycles. The van der Waals surface area contributed by atoms with Gasteiger partial charge in [-0.25, -0.2) is 0 Å². The number of hydrogen-bond acceptors (Lipinski definition) is 0. The van der Waals surface area contributed by atoms with Crippen LogP contribution in [0, 0.1) is 17.8 Å². The SMILES string of the molecule is CC1C=CC2=C(C=C1)CC(C(C)C)CC2. The second-order valence-electron chi connectivity index (χ2n) is 5.37. The molecule has 2 rings (SSSR count). The van der Waals surface area contributed by atoms with Crippen molar-refractivity contribution in [2.45, 2.75) is 40.0 Å². The van der Waals surface area contributed by atoms with Crippen LogP contribution in [0.25, 0.3) is 0 Å². The molecule has 0 N–H and O–H groups in total. The van der Waals surface area contributed by atoms with E-state index in [1.54, 1.807) is 11.1 Å². The van der Waals surface area contributed by atoms with Crippen LogP contribution in [0.4, 0.5) is 0 Å². The summed E-state index contributed by atoms with van der Waals surface area (Å²) >= 11 is 0. The van der Waals surface area contributed by atoms with Crippen molar-refractivity contribution in [3.63, 3.8) is 0 Å². The molecule has 2 atom stereocenters. The molecule has 0 spiro atoms. The van der Waals surface area contributed by atoms with Crippen LogP contribution in [-0.4, -0.2) is 0 Å². The van der Waals surface area contributed by atoms with Crippen LogP contribution in [0.15, 0.2) is 35.5 Å². The van der Waals surface area contributed by atoms with Crippen molar-refractivity contribution in [3.05, 3.63) is 35.5 Å². The normalized spacial score (nSPS) is 30.7. The number of hydrogen-bond donors (Lipinski definition) is 0. The molecule has 0 radical (unpaired) electrons. The van der Waals surface area contributed by atoms with Crippen molar-refractivity contribution < 1.29 is 0 Å². The minimum Gasteiger partial charge on any atom is -0.0776 e. The van der Waals surface area contributed by atoms with Gasteiger partial charge in [-0.3, -0.25) is 0 Å². The minimum atomic E-state index is 0.605. The van der Waals surface area contributed by atoms with Gasteiger partial charge in [0.15, 0.2) is 0 Å². The van der Waals surface area contributed by atoms with Gasteiger partial charge in [-0.1, -0.05) is 45.1 Å². The second-order valence-corrected chi connectivity index (χ2v) is 5.37. The van der Waals surface area contributed by atoms with E-state index >= 15 is 0 Å². The molecule has 0 fully saturated rings. The highest BCUT2D eigenvalue weighted by Gasteiger charge is 2.21. The maximum Gasteiger partial charge on any atom is -0.00754 e. The largest absolute Gasteiger partial charge is 0.0776 e. The van der Waals surface area contributed by atoms with E-state index in [1.165, 1.54) is 19.3 Å². The molecule has 0 aliphatic heterocycles. The molecular formula is C15H22. The molecule has 0 saturated heterocycles. The van der Waals surface area contributed by atoms with Crippen LogP contribution in [0.5, 0.6) is 0 Å². The summed E-state index contributed by atoms with van der Waals surface area (Å²) in [5, 5.41) is 0. The molecule has 2 aliphatic carbocycles. The quantitative estimate of drug-likeness (QED) is 0.587. The third kappa shape index (κ3) is 2.42. The molecule has 0 bridgehead atoms. The van der Waals surface area contributed by atoms with E-state index < -0.39 is 0 Å². The monoisotopic (exact) mass is 202 g/mol. The van der Waals surface area contributed by atoms with E-state index in [0.29, 0.717) is 5.92 Å². The summed E-state index contributed by atoms with van der Waals surface area (Å²) in [6.07, 6.45) is 13.3. The Morgan fingerprint density at radius 1 is 1.13 bits per heavy atom. The van der Waals surface area contributed by atoms with E-state index in [2.05, 4.69) is 45.1 Å². The molecule has 0 aromatic rings. The van der Waals surface area contributed by atoms with Gasteiger partial charge in [-0.2, -0.15) is 0 Å². The minimum absolute atomic E-state index is 0.605. The lowest BCUT2D eigenvalue weighted by Crippen LogP contribution is -2.14. The summed E-state index contributed by atoms with van der Waals surface area (Å²) in [6.45, 7) is 6.97. The van der Waals surface area contributed by atoms with Crippen molar-refractivity contribution in [1.82, 2.24) is 0 Å². The predicted octanol–water partition coefficient (Wildman–Crippen LogP) is 4.50. The smallest absolute Gasteiger partial charge is 0.00754 e. The Labute approximate surface area is 93.8 Å². The van der Waals surface area contributed by atoms with Crippen molar-refractivity contribution in [2.75, 3.05) is 0 Å². The average Bonchev–Trinajstić information content (AvgIpc) is 2.40. The molecule has 2 aliphatic rings. The molecule has 15 heavy (non-hydrogen) atoms. The van der Waals surface area contributed by atoms with E-state index in [9.17, 15) is 0 Å². The van der Waals surface area contributed by atoms with Gasteiger partial charge < -0.3 is 0 Å². The van der Waals surface area contributed by atoms with Gasteiger partial charge in [0.1, 0.15) is 0 Å². The summed E-state index contributed by atoms with van der Waals surface area (Å²) in [6, 6.07) is 0. The van der Waals surface area contributed by atoms with Crippen LogP contribution in [0.3, 0.4) is 0 Å². The highest BCUT2D eigenvalue weighted by Crippen LogP contribution is 2.36. The molecule has 0 aromatic carbocycles. The summed E-state index contributed by atoms with van der Waals surface area (Å²) in [5.74, 6) is 2.33. The molecule has 0 saturated carbocycles. The molecular weight excluding hydrogens is 180 g/mol. The molecule has 0 amide bonds. The van der Waals surface area contributed by atoms with Gasteiger partial charge in [0, 0.05) is 0 Å². The van der Waals surface area contributed by atoms with Crippen molar-refractivity contribution in [2.24, 2.45) is 17.8 Å². The zero-order valence-corrected chi connectivity index (χ0v) is 10.2. The van der Waals surface area contributed by atoms with Gasteiger partial charge in [-0.15, -0.1) is 0 Å². The van der Waals surface area contributed by atoms with Gasteiger partial charge >= 0.3 is 0 Å². The third-order valence-corrected chi connectivity index (χ3v) is 3.82. The summed E-state index contributed by atoms with van der Waals surface area (Å²) < 4.78 is 0. The van der Waals surface area contributed by atoms with Gasteiger partial charge in [0.25, 0.3) is 0 Å². The van der Waals surface area contributed by atoms with E-state index in [4.69, 9.17) is 0 Å². The molecule has 2 unspecified atom stereocenters. The first-order valence-electron chi connectivity index (χ1n) is 6.25. The fourth-order valence-electron chi connectivity index (χ4n) is 2.55. The Kier molecular flexibility index (Phi) is 3.14. The van der Waals surface area contributed by atoms with E-state index in [0.717, 1.165) is 11.8 Å². The first kappa shape index (κ1) is 10.7. The van der Waals surface area contributed by atoms with Gasteiger partial charge in [0.05, 0.1) is 0 Å². The van der Waals surface area contributed by atoms with Crippen LogP contribution >= 0.6 is 0 Å². The predicted molar refractivity (Wildman–Crippen MR) is 66.6 cm³/mol. The lowest BCUT2D eigenvalue weighted by Gasteiger charge is -2.27. The maximum absolute atomic E-state index is 2.37. The number of rotatable bonds is 1. The van der Waals surface area contributed by atoms with Crippen molar-refractivity contribution >= 4 is 0 Å². The van der Waals surface area contributed by atoms with Crippen LogP contribution < -0.4 is 0 Å².